The first-order chi connectivity index (χ1) is 11.6. The molecule has 24 heavy (non-hydrogen) atoms. The average Bonchev–Trinajstić information content (AvgIpc) is 3.21. The summed E-state index contributed by atoms with van der Waals surface area (Å²) in [7, 11) is 0. The fourth-order valence-electron chi connectivity index (χ4n) is 3.87. The third-order valence-electron chi connectivity index (χ3n) is 5.03. The number of nitriles is 1. The second-order valence-corrected chi connectivity index (χ2v) is 6.66. The lowest BCUT2D eigenvalue weighted by atomic mass is 9.86. The molecule has 2 saturated carbocycles. The third-order valence-corrected chi connectivity index (χ3v) is 5.03. The molecule has 2 amide bonds. The molecule has 2 aliphatic carbocycles. The van der Waals surface area contributed by atoms with Crippen molar-refractivity contribution < 1.29 is 14.3 Å². The van der Waals surface area contributed by atoms with Crippen LogP contribution in [0.25, 0.3) is 0 Å². The predicted octanol–water partition coefficient (Wildman–Crippen LogP) is 1.91. The van der Waals surface area contributed by atoms with Gasteiger partial charge >= 0.3 is 0 Å². The van der Waals surface area contributed by atoms with Crippen molar-refractivity contribution >= 4 is 11.8 Å². The lowest BCUT2D eigenvalue weighted by Gasteiger charge is -2.20. The predicted molar refractivity (Wildman–Crippen MR) is 86.5 cm³/mol. The van der Waals surface area contributed by atoms with Crippen LogP contribution in [0.3, 0.4) is 0 Å². The van der Waals surface area contributed by atoms with Crippen LogP contribution in [0.2, 0.25) is 0 Å². The van der Waals surface area contributed by atoms with Gasteiger partial charge in [-0.1, -0.05) is 6.42 Å². The molecule has 0 aliphatic heterocycles. The topological polar surface area (TPSA) is 91.2 Å². The Hall–Kier alpha value is -2.55. The molecule has 6 nitrogen and oxygen atoms in total. The number of nitrogens with one attached hydrogen (secondary N) is 2. The minimum Gasteiger partial charge on any atom is -0.484 e. The SMILES string of the molecule is N#Cc1ccc(OCC(=O)NNC(=O)C[C@H]2C[C@H]3CC[C@@H]2C3)cc1. The number of carbonyl (C=O) groups is 2. The Morgan fingerprint density at radius 2 is 1.88 bits per heavy atom. The van der Waals surface area contributed by atoms with Gasteiger partial charge in [-0.3, -0.25) is 20.4 Å². The molecule has 3 rings (SSSR count). The molecule has 1 aromatic carbocycles. The molecule has 0 aromatic heterocycles. The summed E-state index contributed by atoms with van der Waals surface area (Å²) in [6.07, 6.45) is 5.45. The second-order valence-electron chi connectivity index (χ2n) is 6.66. The van der Waals surface area contributed by atoms with Crippen LogP contribution in [0.5, 0.6) is 5.75 Å². The standard InChI is InChI=1S/C18H21N3O3/c19-10-12-2-5-16(6-3-12)24-11-18(23)21-20-17(22)9-15-8-13-1-4-14(15)7-13/h2-3,5-6,13-15H,1,4,7-9,11H2,(H,20,22)(H,21,23)/t13-,14+,15+/m0/s1. The van der Waals surface area contributed by atoms with Gasteiger partial charge < -0.3 is 4.74 Å². The first kappa shape index (κ1) is 16.3. The Morgan fingerprint density at radius 1 is 1.12 bits per heavy atom. The number of hydrazine groups is 1. The molecule has 0 saturated heterocycles. The van der Waals surface area contributed by atoms with Crippen molar-refractivity contribution in [3.63, 3.8) is 0 Å². The smallest absolute Gasteiger partial charge is 0.276 e. The van der Waals surface area contributed by atoms with Crippen molar-refractivity contribution in [3.8, 4) is 11.8 Å². The fourth-order valence-corrected chi connectivity index (χ4v) is 3.87. The van der Waals surface area contributed by atoms with Crippen LogP contribution in [-0.2, 0) is 9.59 Å². The molecule has 2 N–H and O–H groups in total. The summed E-state index contributed by atoms with van der Waals surface area (Å²) in [5, 5.41) is 8.71. The zero-order chi connectivity index (χ0) is 16.9. The highest BCUT2D eigenvalue weighted by molar-refractivity contribution is 5.82. The number of carbonyl (C=O) groups excluding carboxylic acids is 2. The molecule has 2 fully saturated rings. The molecule has 3 atom stereocenters. The molecule has 2 bridgehead atoms. The van der Waals surface area contributed by atoms with Crippen LogP contribution in [-0.4, -0.2) is 18.4 Å². The summed E-state index contributed by atoms with van der Waals surface area (Å²) in [4.78, 5) is 23.6. The van der Waals surface area contributed by atoms with E-state index in [1.165, 1.54) is 19.3 Å². The van der Waals surface area contributed by atoms with Gasteiger partial charge in [-0.05, 0) is 61.3 Å². The number of rotatable bonds is 5. The number of fused-ring (bicyclic) bond motifs is 2. The van der Waals surface area contributed by atoms with Gasteiger partial charge in [0.15, 0.2) is 6.61 Å². The van der Waals surface area contributed by atoms with Crippen molar-refractivity contribution in [2.45, 2.75) is 32.1 Å². The summed E-state index contributed by atoms with van der Waals surface area (Å²) >= 11 is 0. The highest BCUT2D eigenvalue weighted by atomic mass is 16.5. The highest BCUT2D eigenvalue weighted by Gasteiger charge is 2.40. The quantitative estimate of drug-likeness (QED) is 0.808. The van der Waals surface area contributed by atoms with Crippen LogP contribution >= 0.6 is 0 Å². The summed E-state index contributed by atoms with van der Waals surface area (Å²) in [6, 6.07) is 8.49. The zero-order valence-electron chi connectivity index (χ0n) is 13.5. The van der Waals surface area contributed by atoms with E-state index in [1.54, 1.807) is 24.3 Å². The number of ether oxygens (including phenoxy) is 1. The first-order valence-corrected chi connectivity index (χ1v) is 8.34. The van der Waals surface area contributed by atoms with E-state index < -0.39 is 5.91 Å². The monoisotopic (exact) mass is 327 g/mol. The second kappa shape index (κ2) is 7.35. The van der Waals surface area contributed by atoms with E-state index in [9.17, 15) is 9.59 Å². The van der Waals surface area contributed by atoms with Gasteiger partial charge in [0.25, 0.3) is 5.91 Å². The lowest BCUT2D eigenvalue weighted by Crippen LogP contribution is -2.44. The van der Waals surface area contributed by atoms with E-state index >= 15 is 0 Å². The van der Waals surface area contributed by atoms with Crippen LogP contribution in [0.4, 0.5) is 0 Å². The van der Waals surface area contributed by atoms with Crippen LogP contribution in [0.15, 0.2) is 24.3 Å². The minimum absolute atomic E-state index is 0.140. The van der Waals surface area contributed by atoms with Crippen LogP contribution < -0.4 is 15.6 Å². The van der Waals surface area contributed by atoms with Gasteiger partial charge in [0, 0.05) is 6.42 Å². The maximum Gasteiger partial charge on any atom is 0.276 e. The Bertz CT molecular complexity index is 650. The van der Waals surface area contributed by atoms with Gasteiger partial charge in [0.2, 0.25) is 5.91 Å². The van der Waals surface area contributed by atoms with E-state index in [0.29, 0.717) is 29.6 Å². The Morgan fingerprint density at radius 3 is 2.50 bits per heavy atom. The maximum absolute atomic E-state index is 11.9. The summed E-state index contributed by atoms with van der Waals surface area (Å²) in [5.74, 6) is 1.91. The van der Waals surface area contributed by atoms with Crippen molar-refractivity contribution in [1.29, 1.82) is 5.26 Å². The van der Waals surface area contributed by atoms with E-state index in [1.807, 2.05) is 6.07 Å². The number of amides is 2. The normalized spacial score (nSPS) is 24.2. The highest BCUT2D eigenvalue weighted by Crippen LogP contribution is 2.49. The van der Waals surface area contributed by atoms with E-state index in [4.69, 9.17) is 10.00 Å². The summed E-state index contributed by atoms with van der Waals surface area (Å²) in [5.41, 5.74) is 5.37. The Kier molecular flexibility index (Phi) is 4.99. The molecule has 0 spiro atoms. The molecule has 0 unspecified atom stereocenters. The van der Waals surface area contributed by atoms with Crippen LogP contribution in [0.1, 0.15) is 37.7 Å². The zero-order valence-corrected chi connectivity index (χ0v) is 13.5. The largest absolute Gasteiger partial charge is 0.484 e. The average molecular weight is 327 g/mol. The molecule has 0 radical (unpaired) electrons. The van der Waals surface area contributed by atoms with Crippen LogP contribution in [0, 0.1) is 29.1 Å². The molecular formula is C18H21N3O3. The van der Waals surface area contributed by atoms with E-state index in [-0.39, 0.29) is 12.5 Å². The summed E-state index contributed by atoms with van der Waals surface area (Å²) < 4.78 is 5.30. The van der Waals surface area contributed by atoms with Gasteiger partial charge in [-0.25, -0.2) is 0 Å². The van der Waals surface area contributed by atoms with Gasteiger partial charge in [0.1, 0.15) is 5.75 Å². The molecule has 126 valence electrons. The fraction of sp³-hybridized carbons (Fsp3) is 0.500. The lowest BCUT2D eigenvalue weighted by molar-refractivity contribution is -0.130. The Balaban J connectivity index is 1.34. The maximum atomic E-state index is 11.9. The molecule has 2 aliphatic rings. The van der Waals surface area contributed by atoms with Gasteiger partial charge in [-0.2, -0.15) is 5.26 Å². The minimum atomic E-state index is -0.416. The number of hydrogen-bond acceptors (Lipinski definition) is 4. The van der Waals surface area contributed by atoms with Gasteiger partial charge in [0.05, 0.1) is 11.6 Å². The first-order valence-electron chi connectivity index (χ1n) is 8.34. The van der Waals surface area contributed by atoms with Crippen molar-refractivity contribution in [2.75, 3.05) is 6.61 Å². The van der Waals surface area contributed by atoms with E-state index in [0.717, 1.165) is 12.3 Å². The molecule has 6 heteroatoms. The van der Waals surface area contributed by atoms with Crippen molar-refractivity contribution in [1.82, 2.24) is 10.9 Å². The molecule has 1 aromatic rings. The van der Waals surface area contributed by atoms with Crippen molar-refractivity contribution in [3.05, 3.63) is 29.8 Å². The number of hydrogen-bond donors (Lipinski definition) is 2. The Labute approximate surface area is 141 Å². The number of nitrogens with zero attached hydrogens (tertiary/aromatic N) is 1. The van der Waals surface area contributed by atoms with E-state index in [2.05, 4.69) is 10.9 Å². The van der Waals surface area contributed by atoms with Gasteiger partial charge in [-0.15, -0.1) is 0 Å². The molecular weight excluding hydrogens is 306 g/mol. The molecule has 0 heterocycles. The van der Waals surface area contributed by atoms with Crippen molar-refractivity contribution in [2.24, 2.45) is 17.8 Å². The summed E-state index contributed by atoms with van der Waals surface area (Å²) in [6.45, 7) is -0.194. The number of benzene rings is 1. The third kappa shape index (κ3) is 4.05.